The Labute approximate surface area is 87.5 Å². The molecular weight excluding hydrogens is 264 g/mol. The lowest BCUT2D eigenvalue weighted by Gasteiger charge is -2.25. The zero-order valence-electron chi connectivity index (χ0n) is 7.30. The fourth-order valence-electron chi connectivity index (χ4n) is 2.46. The fourth-order valence-corrected chi connectivity index (χ4v) is 3.22. The maximum absolute atomic E-state index is 13.6. The van der Waals surface area contributed by atoms with Gasteiger partial charge in [0.2, 0.25) is 0 Å². The van der Waals surface area contributed by atoms with Crippen LogP contribution < -0.4 is 0 Å². The second-order valence-electron chi connectivity index (χ2n) is 4.06. The maximum atomic E-state index is 13.6. The van der Waals surface area contributed by atoms with Crippen LogP contribution >= 0.6 is 15.9 Å². The first-order valence-corrected chi connectivity index (χ1v) is 5.54. The van der Waals surface area contributed by atoms with Gasteiger partial charge in [0, 0.05) is 17.2 Å². The lowest BCUT2D eigenvalue weighted by atomic mass is 9.83. The highest BCUT2D eigenvalue weighted by Gasteiger charge is 2.67. The molecule has 5 heteroatoms. The number of alkyl halides is 3. The van der Waals surface area contributed by atoms with Gasteiger partial charge in [-0.2, -0.15) is 0 Å². The molecule has 0 aromatic carbocycles. The molecule has 0 saturated heterocycles. The number of hydrogen-bond donors (Lipinski definition) is 0. The first-order valence-electron chi connectivity index (χ1n) is 4.41. The number of halogens is 5. The lowest BCUT2D eigenvalue weighted by molar-refractivity contribution is 0.0880. The molecule has 3 unspecified atom stereocenters. The standard InChI is InChI=1S/C9H9BrF4/c10-2-1-8-3-5(11)9(14,4-8)7(13)6(8)12/h5H,1-4H2. The summed E-state index contributed by atoms with van der Waals surface area (Å²) in [6.07, 6.45) is -2.29. The summed E-state index contributed by atoms with van der Waals surface area (Å²) < 4.78 is 53.2. The van der Waals surface area contributed by atoms with Gasteiger partial charge in [-0.3, -0.25) is 0 Å². The van der Waals surface area contributed by atoms with Crippen molar-refractivity contribution >= 4 is 15.9 Å². The molecule has 0 aromatic rings. The van der Waals surface area contributed by atoms with Gasteiger partial charge in [0.15, 0.2) is 11.5 Å². The highest BCUT2D eigenvalue weighted by molar-refractivity contribution is 9.09. The summed E-state index contributed by atoms with van der Waals surface area (Å²) in [5.41, 5.74) is -3.92. The molecule has 0 N–H and O–H groups in total. The van der Waals surface area contributed by atoms with Crippen LogP contribution in [0.4, 0.5) is 17.6 Å². The fraction of sp³-hybridized carbons (Fsp3) is 0.778. The van der Waals surface area contributed by atoms with Gasteiger partial charge in [-0.25, -0.2) is 17.6 Å². The van der Waals surface area contributed by atoms with Crippen molar-refractivity contribution in [3.63, 3.8) is 0 Å². The first kappa shape index (κ1) is 10.5. The Balaban J connectivity index is 2.41. The van der Waals surface area contributed by atoms with E-state index in [1.807, 2.05) is 0 Å². The molecule has 2 aliphatic carbocycles. The minimum atomic E-state index is -2.69. The van der Waals surface area contributed by atoms with E-state index in [1.54, 1.807) is 0 Å². The van der Waals surface area contributed by atoms with Crippen molar-refractivity contribution in [2.75, 3.05) is 5.33 Å². The molecule has 14 heavy (non-hydrogen) atoms. The van der Waals surface area contributed by atoms with Gasteiger partial charge < -0.3 is 0 Å². The summed E-state index contributed by atoms with van der Waals surface area (Å²) in [5.74, 6) is -2.59. The second-order valence-corrected chi connectivity index (χ2v) is 4.85. The van der Waals surface area contributed by atoms with Crippen LogP contribution in [0.1, 0.15) is 19.3 Å². The van der Waals surface area contributed by atoms with Crippen molar-refractivity contribution in [3.05, 3.63) is 11.7 Å². The van der Waals surface area contributed by atoms with Crippen molar-refractivity contribution in [2.45, 2.75) is 31.1 Å². The summed E-state index contributed by atoms with van der Waals surface area (Å²) in [6.45, 7) is 0. The van der Waals surface area contributed by atoms with Crippen LogP contribution in [0, 0.1) is 5.41 Å². The third-order valence-corrected chi connectivity index (χ3v) is 3.65. The Hall–Kier alpha value is -0.0600. The van der Waals surface area contributed by atoms with Crippen LogP contribution in [-0.2, 0) is 0 Å². The van der Waals surface area contributed by atoms with Gasteiger partial charge in [0.25, 0.3) is 0 Å². The molecule has 0 nitrogen and oxygen atoms in total. The van der Waals surface area contributed by atoms with E-state index in [0.29, 0.717) is 5.33 Å². The van der Waals surface area contributed by atoms with Crippen LogP contribution in [0.3, 0.4) is 0 Å². The molecule has 3 atom stereocenters. The molecule has 0 spiro atoms. The predicted octanol–water partition coefficient (Wildman–Crippen LogP) is 3.76. The molecule has 0 aromatic heterocycles. The summed E-state index contributed by atoms with van der Waals surface area (Å²) in [7, 11) is 0. The zero-order valence-corrected chi connectivity index (χ0v) is 8.88. The van der Waals surface area contributed by atoms with Crippen molar-refractivity contribution in [3.8, 4) is 0 Å². The summed E-state index contributed by atoms with van der Waals surface area (Å²) >= 11 is 3.08. The number of hydrogen-bond acceptors (Lipinski definition) is 0. The van der Waals surface area contributed by atoms with Gasteiger partial charge in [-0.1, -0.05) is 15.9 Å². The Morgan fingerprint density at radius 1 is 1.36 bits per heavy atom. The maximum Gasteiger partial charge on any atom is 0.196 e. The Kier molecular flexibility index (Phi) is 2.22. The molecule has 2 aliphatic rings. The smallest absolute Gasteiger partial charge is 0.196 e. The van der Waals surface area contributed by atoms with Crippen LogP contribution in [0.5, 0.6) is 0 Å². The van der Waals surface area contributed by atoms with E-state index >= 15 is 0 Å². The quantitative estimate of drug-likeness (QED) is 0.530. The lowest BCUT2D eigenvalue weighted by Crippen LogP contribution is -2.30. The first-order chi connectivity index (χ1) is 6.46. The number of fused-ring (bicyclic) bond motifs is 2. The van der Waals surface area contributed by atoms with E-state index in [1.165, 1.54) is 0 Å². The topological polar surface area (TPSA) is 0 Å². The van der Waals surface area contributed by atoms with E-state index < -0.39 is 28.9 Å². The number of rotatable bonds is 2. The molecular formula is C9H9BrF4. The van der Waals surface area contributed by atoms with E-state index in [4.69, 9.17) is 0 Å². The zero-order chi connectivity index (χ0) is 10.6. The second kappa shape index (κ2) is 2.97. The Morgan fingerprint density at radius 2 is 2.00 bits per heavy atom. The molecule has 2 rings (SSSR count). The van der Waals surface area contributed by atoms with E-state index in [2.05, 4.69) is 15.9 Å². The highest BCUT2D eigenvalue weighted by Crippen LogP contribution is 2.64. The number of allylic oxidation sites excluding steroid dienone is 2. The molecule has 2 bridgehead atoms. The Bertz CT molecular complexity index is 303. The minimum Gasteiger partial charge on any atom is -0.243 e. The van der Waals surface area contributed by atoms with Crippen molar-refractivity contribution in [1.82, 2.24) is 0 Å². The van der Waals surface area contributed by atoms with Crippen molar-refractivity contribution in [1.29, 1.82) is 0 Å². The van der Waals surface area contributed by atoms with Gasteiger partial charge in [0.1, 0.15) is 12.0 Å². The summed E-state index contributed by atoms with van der Waals surface area (Å²) in [4.78, 5) is 0. The molecule has 80 valence electrons. The highest BCUT2D eigenvalue weighted by atomic mass is 79.9. The van der Waals surface area contributed by atoms with Gasteiger partial charge in [-0.15, -0.1) is 0 Å². The molecule has 1 fully saturated rings. The minimum absolute atomic E-state index is 0.234. The average Bonchev–Trinajstić information content (AvgIpc) is 2.47. The van der Waals surface area contributed by atoms with Crippen LogP contribution in [0.2, 0.25) is 0 Å². The largest absolute Gasteiger partial charge is 0.243 e. The third-order valence-electron chi connectivity index (χ3n) is 3.26. The van der Waals surface area contributed by atoms with Gasteiger partial charge in [0.05, 0.1) is 0 Å². The molecule has 0 amide bonds. The molecule has 0 heterocycles. The van der Waals surface area contributed by atoms with Gasteiger partial charge >= 0.3 is 0 Å². The third kappa shape index (κ3) is 1.05. The van der Waals surface area contributed by atoms with E-state index in [9.17, 15) is 17.6 Å². The molecule has 0 aliphatic heterocycles. The Morgan fingerprint density at radius 3 is 2.50 bits per heavy atom. The normalized spacial score (nSPS) is 46.5. The molecule has 1 saturated carbocycles. The average molecular weight is 273 g/mol. The van der Waals surface area contributed by atoms with Gasteiger partial charge in [-0.05, 0) is 12.8 Å². The molecule has 0 radical (unpaired) electrons. The predicted molar refractivity (Wildman–Crippen MR) is 48.1 cm³/mol. The van der Waals surface area contributed by atoms with Crippen LogP contribution in [0.25, 0.3) is 0 Å². The van der Waals surface area contributed by atoms with Crippen LogP contribution in [0.15, 0.2) is 11.7 Å². The van der Waals surface area contributed by atoms with E-state index in [-0.39, 0.29) is 19.3 Å². The van der Waals surface area contributed by atoms with Crippen molar-refractivity contribution in [2.24, 2.45) is 5.41 Å². The summed E-state index contributed by atoms with van der Waals surface area (Å²) in [6, 6.07) is 0. The van der Waals surface area contributed by atoms with E-state index in [0.717, 1.165) is 0 Å². The monoisotopic (exact) mass is 272 g/mol. The SMILES string of the molecule is FC1=C(F)C2(F)CC1(CCBr)CC2F. The summed E-state index contributed by atoms with van der Waals surface area (Å²) in [5, 5.41) is 0.413. The van der Waals surface area contributed by atoms with Crippen molar-refractivity contribution < 1.29 is 17.6 Å². The van der Waals surface area contributed by atoms with Crippen LogP contribution in [-0.4, -0.2) is 17.2 Å².